The van der Waals surface area contributed by atoms with Gasteiger partial charge in [0, 0.05) is 7.26 Å². The zero-order valence-corrected chi connectivity index (χ0v) is 30.6. The molecule has 2 N–H and O–H groups in total. The maximum Gasteiger partial charge on any atom is 0.335 e. The lowest BCUT2D eigenvalue weighted by molar-refractivity contribution is -0.268. The molecule has 0 bridgehead atoms. The van der Waals surface area contributed by atoms with E-state index in [9.17, 15) is 9.90 Å². The van der Waals surface area contributed by atoms with Crippen molar-refractivity contribution in [2.45, 2.75) is 182 Å². The van der Waals surface area contributed by atoms with E-state index in [1.165, 1.54) is 128 Å². The van der Waals surface area contributed by atoms with E-state index in [2.05, 4.69) is 27.7 Å². The lowest BCUT2D eigenvalue weighted by atomic mass is 10.1. The molecule has 4 nitrogen and oxygen atoms in total. The summed E-state index contributed by atoms with van der Waals surface area (Å²) in [6.45, 7) is 9.41. The lowest BCUT2D eigenvalue weighted by Crippen LogP contribution is -2.13. The van der Waals surface area contributed by atoms with Crippen LogP contribution >= 0.6 is 7.26 Å². The summed E-state index contributed by atoms with van der Waals surface area (Å²) in [5.41, 5.74) is -0.331. The van der Waals surface area contributed by atoms with Crippen LogP contribution in [0.4, 0.5) is 0 Å². The van der Waals surface area contributed by atoms with E-state index in [-0.39, 0.29) is 11.3 Å². The van der Waals surface area contributed by atoms with E-state index in [4.69, 9.17) is 10.2 Å². The molecule has 0 fully saturated rings. The number of benzene rings is 1. The van der Waals surface area contributed by atoms with E-state index < -0.39 is 19.0 Å². The average molecular weight is 637 g/mol. The molecule has 0 spiro atoms. The highest BCUT2D eigenvalue weighted by atomic mass is 31.2. The van der Waals surface area contributed by atoms with Crippen LogP contribution in [0.25, 0.3) is 0 Å². The Morgan fingerprint density at radius 3 is 1.14 bits per heavy atom. The molecule has 5 heteroatoms. The van der Waals surface area contributed by atoms with Crippen molar-refractivity contribution in [1.82, 2.24) is 0 Å². The molecule has 0 radical (unpaired) electrons. The maximum absolute atomic E-state index is 10.7. The zero-order chi connectivity index (χ0) is 32.7. The van der Waals surface area contributed by atoms with E-state index in [0.717, 1.165) is 18.2 Å². The number of carbonyl (C=O) groups is 1. The summed E-state index contributed by atoms with van der Waals surface area (Å²) in [6, 6.07) is 3.09. The molecule has 1 aromatic rings. The summed E-state index contributed by atoms with van der Waals surface area (Å²) in [5, 5.41) is 27.8. The predicted octanol–water partition coefficient (Wildman–Crippen LogP) is 12.6. The molecule has 0 saturated carbocycles. The molecule has 1 rings (SSSR count). The first kappa shape index (κ1) is 42.7. The van der Waals surface area contributed by atoms with E-state index in [1.807, 2.05) is 0 Å². The summed E-state index contributed by atoms with van der Waals surface area (Å²) in [4.78, 5) is 10.3. The molecule has 0 aromatic heterocycles. The van der Waals surface area contributed by atoms with Crippen molar-refractivity contribution >= 4 is 13.2 Å². The van der Waals surface area contributed by atoms with Crippen LogP contribution in [0.1, 0.15) is 192 Å². The van der Waals surface area contributed by atoms with Gasteiger partial charge in [-0.2, -0.15) is 0 Å². The van der Waals surface area contributed by atoms with Gasteiger partial charge < -0.3 is 15.3 Å². The van der Waals surface area contributed by atoms with Crippen molar-refractivity contribution in [3.8, 4) is 11.5 Å². The Kier molecular flexibility index (Phi) is 29.5. The van der Waals surface area contributed by atoms with Crippen molar-refractivity contribution in [2.75, 3.05) is 24.6 Å². The van der Waals surface area contributed by atoms with Gasteiger partial charge in [0.05, 0.1) is 30.2 Å². The third-order valence-electron chi connectivity index (χ3n) is 9.14. The Labute approximate surface area is 274 Å². The minimum atomic E-state index is -1.28. The van der Waals surface area contributed by atoms with Crippen LogP contribution in [0.5, 0.6) is 11.5 Å². The number of carboxylic acids is 1. The van der Waals surface area contributed by atoms with Crippen LogP contribution in [0.3, 0.4) is 0 Å². The molecule has 0 amide bonds. The molecule has 44 heavy (non-hydrogen) atoms. The number of phenolic OH excluding ortho intramolecular Hbond substituents is 1. The quantitative estimate of drug-likeness (QED) is 0.0677. The van der Waals surface area contributed by atoms with E-state index in [1.54, 1.807) is 50.3 Å². The lowest BCUT2D eigenvalue weighted by Gasteiger charge is -2.28. The summed E-state index contributed by atoms with van der Waals surface area (Å²) in [5.74, 6) is -2.19. The summed E-state index contributed by atoms with van der Waals surface area (Å²) < 4.78 is 0. The molecule has 0 aliphatic heterocycles. The van der Waals surface area contributed by atoms with Crippen LogP contribution in [0, 0.1) is 0 Å². The van der Waals surface area contributed by atoms with Gasteiger partial charge in [0.2, 0.25) is 0 Å². The van der Waals surface area contributed by atoms with Gasteiger partial charge in [0.15, 0.2) is 0 Å². The summed E-state index contributed by atoms with van der Waals surface area (Å²) in [7, 11) is -0.697. The van der Waals surface area contributed by atoms with Crippen LogP contribution in [0.2, 0.25) is 0 Å². The van der Waals surface area contributed by atoms with E-state index in [0.29, 0.717) is 0 Å². The number of aromatic hydroxyl groups is 1. The molecule has 258 valence electrons. The second kappa shape index (κ2) is 30.4. The summed E-state index contributed by atoms with van der Waals surface area (Å²) in [6.07, 6.45) is 42.1. The number of carboxylic acid groups (broad SMARTS) is 1. The van der Waals surface area contributed by atoms with Gasteiger partial charge in [-0.05, 0) is 69.6 Å². The Morgan fingerprint density at radius 1 is 0.545 bits per heavy atom. The second-order valence-electron chi connectivity index (χ2n) is 13.3. The van der Waals surface area contributed by atoms with Crippen molar-refractivity contribution < 1.29 is 20.1 Å². The molecule has 0 heterocycles. The molecule has 0 aliphatic carbocycles. The average Bonchev–Trinajstić information content (AvgIpc) is 3.00. The number of aromatic carboxylic acids is 1. The van der Waals surface area contributed by atoms with Crippen LogP contribution in [-0.2, 0) is 0 Å². The first-order valence-corrected chi connectivity index (χ1v) is 21.5. The van der Waals surface area contributed by atoms with Crippen molar-refractivity contribution in [2.24, 2.45) is 0 Å². The number of phenols is 1. The van der Waals surface area contributed by atoms with Gasteiger partial charge in [0.25, 0.3) is 0 Å². The number of hydrogen-bond donors (Lipinski definition) is 2. The summed E-state index contributed by atoms with van der Waals surface area (Å²) >= 11 is 0. The third-order valence-corrected chi connectivity index (χ3v) is 14.2. The maximum atomic E-state index is 10.7. The van der Waals surface area contributed by atoms with Gasteiger partial charge in [-0.1, -0.05) is 136 Å². The van der Waals surface area contributed by atoms with Crippen molar-refractivity contribution in [3.63, 3.8) is 0 Å². The van der Waals surface area contributed by atoms with Crippen LogP contribution in [0.15, 0.2) is 18.2 Å². The largest absolute Gasteiger partial charge is 0.872 e. The second-order valence-corrected chi connectivity index (χ2v) is 17.8. The predicted molar refractivity (Wildman–Crippen MR) is 194 cm³/mol. The Bertz CT molecular complexity index is 750. The molecule has 0 saturated heterocycles. The minimum Gasteiger partial charge on any atom is -0.872 e. The standard InChI is InChI=1S/C32H68P.C7H6O4/c1-5-9-13-17-18-19-20-21-22-23-24-28-32-33(29-25-14-10-6-2,30-26-15-11-7-3)31-27-16-12-8-4;8-4-1-2-5(7(10)11)6(9)3-4/h5-32H2,1-4H3;1-3,8-9H,(H,10,11)/q+1;/p-1. The number of unbranched alkanes of at least 4 members (excludes halogenated alkanes) is 20. The first-order chi connectivity index (χ1) is 21.4. The minimum absolute atomic E-state index is 0.222. The highest BCUT2D eigenvalue weighted by Crippen LogP contribution is 2.61. The first-order valence-electron chi connectivity index (χ1n) is 18.9. The van der Waals surface area contributed by atoms with Crippen LogP contribution < -0.4 is 5.11 Å². The Balaban J connectivity index is 0.00000139. The fourth-order valence-electron chi connectivity index (χ4n) is 6.27. The topological polar surface area (TPSA) is 80.6 Å². The molecular weight excluding hydrogens is 563 g/mol. The molecule has 1 aromatic carbocycles. The van der Waals surface area contributed by atoms with Gasteiger partial charge in [-0.3, -0.25) is 0 Å². The highest BCUT2D eigenvalue weighted by molar-refractivity contribution is 7.75. The fourth-order valence-corrected chi connectivity index (χ4v) is 11.2. The number of rotatable bonds is 29. The van der Waals surface area contributed by atoms with Crippen LogP contribution in [-0.4, -0.2) is 40.8 Å². The number of hydrogen-bond acceptors (Lipinski definition) is 3. The normalized spacial score (nSPS) is 11.4. The van der Waals surface area contributed by atoms with Gasteiger partial charge in [-0.15, -0.1) is 0 Å². The third kappa shape index (κ3) is 24.0. The van der Waals surface area contributed by atoms with Gasteiger partial charge in [0.1, 0.15) is 5.75 Å². The zero-order valence-electron chi connectivity index (χ0n) is 29.7. The molecular formula is C39H73O4P. The molecule has 0 aliphatic rings. The fraction of sp³-hybridized carbons (Fsp3) is 0.821. The SMILES string of the molecule is CCCCCCCCCCCCCC[P+](CCCCCC)(CCCCCC)CCCCCC.O=C(O)c1ccc(O)cc1[O-]. The Morgan fingerprint density at radius 2 is 0.841 bits per heavy atom. The van der Waals surface area contributed by atoms with Crippen molar-refractivity contribution in [3.05, 3.63) is 23.8 Å². The Hall–Kier alpha value is -1.28. The van der Waals surface area contributed by atoms with Gasteiger partial charge >= 0.3 is 5.97 Å². The monoisotopic (exact) mass is 637 g/mol. The smallest absolute Gasteiger partial charge is 0.335 e. The molecule has 0 atom stereocenters. The molecule has 0 unspecified atom stereocenters. The highest BCUT2D eigenvalue weighted by Gasteiger charge is 2.34. The van der Waals surface area contributed by atoms with E-state index >= 15 is 0 Å². The van der Waals surface area contributed by atoms with Crippen molar-refractivity contribution in [1.29, 1.82) is 0 Å². The van der Waals surface area contributed by atoms with Gasteiger partial charge in [-0.25, -0.2) is 4.79 Å².